The fourth-order valence-electron chi connectivity index (χ4n) is 5.70. The van der Waals surface area contributed by atoms with E-state index in [4.69, 9.17) is 4.74 Å². The largest absolute Gasteiger partial charge is 0.496 e. The Labute approximate surface area is 170 Å². The molecule has 6 rings (SSSR count). The molecular weight excluding hydrogens is 428 g/mol. The summed E-state index contributed by atoms with van der Waals surface area (Å²) in [7, 11) is -2.00. The van der Waals surface area contributed by atoms with Crippen LogP contribution in [0.4, 0.5) is 5.69 Å². The second-order valence-electron chi connectivity index (χ2n) is 8.89. The number of fused-ring (bicyclic) bond motifs is 1. The van der Waals surface area contributed by atoms with Crippen LogP contribution in [0.25, 0.3) is 0 Å². The zero-order chi connectivity index (χ0) is 18.8. The fourth-order valence-corrected chi connectivity index (χ4v) is 7.69. The average Bonchev–Trinajstić information content (AvgIpc) is 2.67. The fraction of sp³-hybridized carbons (Fsp3) is 0.700. The van der Waals surface area contributed by atoms with Crippen molar-refractivity contribution in [1.29, 1.82) is 0 Å². The zero-order valence-corrected chi connectivity index (χ0v) is 18.1. The van der Waals surface area contributed by atoms with Gasteiger partial charge in [0.05, 0.1) is 17.3 Å². The summed E-state index contributed by atoms with van der Waals surface area (Å²) in [5.74, 6) is 1.84. The minimum Gasteiger partial charge on any atom is -0.496 e. The van der Waals surface area contributed by atoms with Crippen LogP contribution in [0.3, 0.4) is 0 Å². The van der Waals surface area contributed by atoms with Crippen molar-refractivity contribution in [2.75, 3.05) is 18.6 Å². The topological polar surface area (TPSA) is 58.6 Å². The van der Waals surface area contributed by atoms with Crippen LogP contribution in [0.15, 0.2) is 21.5 Å². The SMILES string of the molecule is COc1cc2c(cc1Br)N(C13CC(C1)C3)C[C@@H](C1CCCCC1)NS2(=O)=O. The maximum absolute atomic E-state index is 13.3. The molecule has 1 aromatic rings. The maximum Gasteiger partial charge on any atom is 0.243 e. The number of benzene rings is 1. The Balaban J connectivity index is 1.61. The zero-order valence-electron chi connectivity index (χ0n) is 15.7. The summed E-state index contributed by atoms with van der Waals surface area (Å²) in [6.45, 7) is 0.780. The van der Waals surface area contributed by atoms with Crippen molar-refractivity contribution in [3.8, 4) is 5.75 Å². The van der Waals surface area contributed by atoms with Gasteiger partial charge in [0.15, 0.2) is 0 Å². The first kappa shape index (κ1) is 18.3. The smallest absolute Gasteiger partial charge is 0.243 e. The van der Waals surface area contributed by atoms with Crippen LogP contribution in [0.5, 0.6) is 5.75 Å². The highest BCUT2D eigenvalue weighted by molar-refractivity contribution is 9.10. The minimum atomic E-state index is -3.58. The molecule has 1 atom stereocenters. The van der Waals surface area contributed by atoms with Crippen molar-refractivity contribution in [1.82, 2.24) is 4.72 Å². The highest BCUT2D eigenvalue weighted by Crippen LogP contribution is 2.62. The Morgan fingerprint density at radius 2 is 1.89 bits per heavy atom. The van der Waals surface area contributed by atoms with Gasteiger partial charge in [-0.2, -0.15) is 0 Å². The summed E-state index contributed by atoms with van der Waals surface area (Å²) in [6, 6.07) is 3.63. The molecule has 148 valence electrons. The molecule has 0 saturated heterocycles. The van der Waals surface area contributed by atoms with Crippen molar-refractivity contribution in [3.63, 3.8) is 0 Å². The summed E-state index contributed by atoms with van der Waals surface area (Å²) >= 11 is 3.57. The third-order valence-corrected chi connectivity index (χ3v) is 9.44. The normalized spacial score (nSPS) is 34.8. The van der Waals surface area contributed by atoms with Gasteiger partial charge in [-0.15, -0.1) is 0 Å². The molecule has 2 bridgehead atoms. The molecule has 0 aromatic heterocycles. The molecule has 7 heteroatoms. The predicted octanol–water partition coefficient (Wildman–Crippen LogP) is 4.06. The van der Waals surface area contributed by atoms with Gasteiger partial charge in [-0.05, 0) is 65.9 Å². The molecule has 1 N–H and O–H groups in total. The van der Waals surface area contributed by atoms with Gasteiger partial charge in [-0.25, -0.2) is 13.1 Å². The van der Waals surface area contributed by atoms with E-state index < -0.39 is 10.0 Å². The lowest BCUT2D eigenvalue weighted by Gasteiger charge is -2.67. The van der Waals surface area contributed by atoms with Crippen LogP contribution < -0.4 is 14.4 Å². The maximum atomic E-state index is 13.3. The van der Waals surface area contributed by atoms with E-state index >= 15 is 0 Å². The number of rotatable bonds is 3. The average molecular weight is 455 g/mol. The lowest BCUT2D eigenvalue weighted by atomic mass is 9.49. The second kappa shape index (κ2) is 6.36. The van der Waals surface area contributed by atoms with Crippen LogP contribution in [-0.4, -0.2) is 33.7 Å². The minimum absolute atomic E-state index is 0.0125. The third-order valence-electron chi connectivity index (χ3n) is 7.30. The van der Waals surface area contributed by atoms with E-state index in [0.29, 0.717) is 16.6 Å². The number of anilines is 1. The highest BCUT2D eigenvalue weighted by Gasteiger charge is 2.61. The summed E-state index contributed by atoms with van der Waals surface area (Å²) in [6.07, 6.45) is 9.55. The first-order valence-corrected chi connectivity index (χ1v) is 12.4. The van der Waals surface area contributed by atoms with E-state index in [1.807, 2.05) is 6.07 Å². The van der Waals surface area contributed by atoms with Crippen molar-refractivity contribution in [2.24, 2.45) is 11.8 Å². The summed E-state index contributed by atoms with van der Waals surface area (Å²) in [5, 5.41) is 0. The molecule has 0 spiro atoms. The number of nitrogens with zero attached hydrogens (tertiary/aromatic N) is 1. The molecule has 0 amide bonds. The van der Waals surface area contributed by atoms with Crippen LogP contribution >= 0.6 is 15.9 Å². The van der Waals surface area contributed by atoms with Gasteiger partial charge in [0.25, 0.3) is 0 Å². The highest BCUT2D eigenvalue weighted by atomic mass is 79.9. The molecule has 1 aliphatic heterocycles. The number of methoxy groups -OCH3 is 1. The monoisotopic (exact) mass is 454 g/mol. The molecule has 27 heavy (non-hydrogen) atoms. The molecule has 1 aromatic carbocycles. The lowest BCUT2D eigenvalue weighted by Crippen LogP contribution is -2.70. The van der Waals surface area contributed by atoms with Gasteiger partial charge < -0.3 is 9.64 Å². The van der Waals surface area contributed by atoms with Crippen LogP contribution in [0.2, 0.25) is 0 Å². The Bertz CT molecular complexity index is 849. The van der Waals surface area contributed by atoms with Gasteiger partial charge in [-0.3, -0.25) is 0 Å². The van der Waals surface area contributed by atoms with Gasteiger partial charge in [0, 0.05) is 24.2 Å². The van der Waals surface area contributed by atoms with E-state index in [-0.39, 0.29) is 11.6 Å². The van der Waals surface area contributed by atoms with Crippen molar-refractivity contribution in [3.05, 3.63) is 16.6 Å². The number of sulfonamides is 1. The van der Waals surface area contributed by atoms with Crippen molar-refractivity contribution >= 4 is 31.6 Å². The molecule has 5 nitrogen and oxygen atoms in total. The van der Waals surface area contributed by atoms with Crippen LogP contribution in [0, 0.1) is 11.8 Å². The Kier molecular flexibility index (Phi) is 4.30. The molecule has 4 saturated carbocycles. The van der Waals surface area contributed by atoms with E-state index in [9.17, 15) is 8.42 Å². The molecule has 0 radical (unpaired) electrons. The van der Waals surface area contributed by atoms with E-state index in [1.54, 1.807) is 13.2 Å². The van der Waals surface area contributed by atoms with Gasteiger partial charge in [0.2, 0.25) is 10.0 Å². The summed E-state index contributed by atoms with van der Waals surface area (Å²) in [4.78, 5) is 2.80. The van der Waals surface area contributed by atoms with Crippen LogP contribution in [-0.2, 0) is 10.0 Å². The number of ether oxygens (including phenoxy) is 1. The number of halogens is 1. The van der Waals surface area contributed by atoms with Gasteiger partial charge in [0.1, 0.15) is 10.6 Å². The molecule has 5 aliphatic rings. The first-order valence-electron chi connectivity index (χ1n) is 10.1. The second-order valence-corrected chi connectivity index (χ2v) is 11.4. The Hall–Kier alpha value is -0.790. The van der Waals surface area contributed by atoms with E-state index in [2.05, 4.69) is 25.6 Å². The Morgan fingerprint density at radius 1 is 1.19 bits per heavy atom. The van der Waals surface area contributed by atoms with Gasteiger partial charge in [-0.1, -0.05) is 19.3 Å². The van der Waals surface area contributed by atoms with E-state index in [0.717, 1.165) is 35.5 Å². The Morgan fingerprint density at radius 3 is 2.48 bits per heavy atom. The lowest BCUT2D eigenvalue weighted by molar-refractivity contribution is -0.0269. The number of hydrogen-bond acceptors (Lipinski definition) is 4. The van der Waals surface area contributed by atoms with E-state index in [1.165, 1.54) is 38.5 Å². The summed E-state index contributed by atoms with van der Waals surface area (Å²) in [5.41, 5.74) is 1.01. The van der Waals surface area contributed by atoms with Crippen molar-refractivity contribution in [2.45, 2.75) is 67.8 Å². The van der Waals surface area contributed by atoms with Gasteiger partial charge >= 0.3 is 0 Å². The van der Waals surface area contributed by atoms with Crippen molar-refractivity contribution < 1.29 is 13.2 Å². The standard InChI is InChI=1S/C20H27BrN2O3S/c1-26-18-8-19-17(7-15(18)21)23(20-9-13(10-20)11-20)12-16(22-27(19,24)25)14-5-3-2-4-6-14/h7-8,13-14,16,22H,2-6,9-12H2,1H3/t13?,16-,20?/m0/s1. The predicted molar refractivity (Wildman–Crippen MR) is 109 cm³/mol. The first-order chi connectivity index (χ1) is 12.9. The molecule has 4 aliphatic carbocycles. The quantitative estimate of drug-likeness (QED) is 0.747. The molecular formula is C20H27BrN2O3S. The molecule has 1 heterocycles. The third kappa shape index (κ3) is 2.84. The summed E-state index contributed by atoms with van der Waals surface area (Å²) < 4.78 is 35.9. The number of nitrogens with one attached hydrogen (secondary N) is 1. The number of hydrogen-bond donors (Lipinski definition) is 1. The van der Waals surface area contributed by atoms with Crippen LogP contribution in [0.1, 0.15) is 51.4 Å². The molecule has 4 fully saturated rings. The molecule has 0 unspecified atom stereocenters.